The first-order chi connectivity index (χ1) is 16.4. The second-order valence-corrected chi connectivity index (χ2v) is 9.67. The van der Waals surface area contributed by atoms with E-state index in [9.17, 15) is 9.59 Å². The molecule has 174 valence electrons. The quantitative estimate of drug-likeness (QED) is 0.407. The maximum atomic E-state index is 13.4. The largest absolute Gasteiger partial charge is 0.454 e. The third-order valence-electron chi connectivity index (χ3n) is 5.47. The Morgan fingerprint density at radius 2 is 2.03 bits per heavy atom. The van der Waals surface area contributed by atoms with Crippen molar-refractivity contribution in [1.82, 2.24) is 14.3 Å². The van der Waals surface area contributed by atoms with Gasteiger partial charge >= 0.3 is 0 Å². The van der Waals surface area contributed by atoms with E-state index < -0.39 is 0 Å². The molecule has 0 unspecified atom stereocenters. The van der Waals surface area contributed by atoms with Gasteiger partial charge in [0.2, 0.25) is 6.79 Å². The highest BCUT2D eigenvalue weighted by molar-refractivity contribution is 8.26. The van der Waals surface area contributed by atoms with Crippen LogP contribution in [-0.4, -0.2) is 37.8 Å². The van der Waals surface area contributed by atoms with Crippen molar-refractivity contribution < 1.29 is 14.3 Å². The van der Waals surface area contributed by atoms with Crippen molar-refractivity contribution in [3.05, 3.63) is 68.5 Å². The molecule has 0 spiro atoms. The number of nitrogens with zero attached hydrogens (tertiary/aromatic N) is 3. The van der Waals surface area contributed by atoms with Gasteiger partial charge in [-0.05, 0) is 48.7 Å². The van der Waals surface area contributed by atoms with Gasteiger partial charge < -0.3 is 14.8 Å². The van der Waals surface area contributed by atoms with Gasteiger partial charge in [-0.25, -0.2) is 4.98 Å². The van der Waals surface area contributed by atoms with Gasteiger partial charge in [0.05, 0.1) is 17.0 Å². The minimum Gasteiger partial charge on any atom is -0.454 e. The Labute approximate surface area is 205 Å². The van der Waals surface area contributed by atoms with Crippen molar-refractivity contribution in [2.24, 2.45) is 0 Å². The van der Waals surface area contributed by atoms with Crippen molar-refractivity contribution in [1.29, 1.82) is 0 Å². The highest BCUT2D eigenvalue weighted by Gasteiger charge is 2.33. The molecule has 1 saturated heterocycles. The normalized spacial score (nSPS) is 16.2. The molecule has 8 nitrogen and oxygen atoms in total. The number of anilines is 1. The first-order valence-electron chi connectivity index (χ1n) is 10.9. The van der Waals surface area contributed by atoms with Gasteiger partial charge in [-0.1, -0.05) is 43.0 Å². The zero-order valence-electron chi connectivity index (χ0n) is 18.7. The molecule has 1 amide bonds. The third kappa shape index (κ3) is 4.14. The summed E-state index contributed by atoms with van der Waals surface area (Å²) in [6, 6.07) is 9.26. The molecular formula is C24H22N4O4S2. The SMILES string of the molecule is CCCNc1nc2ccc(C)cn2c(=O)c1/C=C1\SC(=S)N(Cc2ccc3c(c2)OCO3)C1=O. The number of amides is 1. The molecule has 2 aromatic heterocycles. The number of aromatic nitrogens is 2. The molecule has 1 fully saturated rings. The number of rotatable bonds is 6. The van der Waals surface area contributed by atoms with E-state index in [0.717, 1.165) is 17.5 Å². The summed E-state index contributed by atoms with van der Waals surface area (Å²) in [6.45, 7) is 5.08. The molecule has 0 aliphatic carbocycles. The summed E-state index contributed by atoms with van der Waals surface area (Å²) in [5.41, 5.74) is 2.44. The minimum atomic E-state index is -0.247. The molecule has 0 atom stereocenters. The van der Waals surface area contributed by atoms with Crippen LogP contribution in [0.1, 0.15) is 30.0 Å². The summed E-state index contributed by atoms with van der Waals surface area (Å²) in [4.78, 5) is 33.2. The average molecular weight is 495 g/mol. The van der Waals surface area contributed by atoms with Crippen molar-refractivity contribution >= 4 is 51.7 Å². The van der Waals surface area contributed by atoms with Crippen LogP contribution in [0.25, 0.3) is 11.7 Å². The fourth-order valence-electron chi connectivity index (χ4n) is 3.76. The summed E-state index contributed by atoms with van der Waals surface area (Å²) in [6.07, 6.45) is 4.21. The molecule has 2 aliphatic rings. The number of hydrogen-bond donors (Lipinski definition) is 1. The minimum absolute atomic E-state index is 0.186. The maximum Gasteiger partial charge on any atom is 0.267 e. The van der Waals surface area contributed by atoms with E-state index in [1.54, 1.807) is 12.3 Å². The number of thioether (sulfide) groups is 1. The highest BCUT2D eigenvalue weighted by Crippen LogP contribution is 2.36. The molecule has 2 aliphatic heterocycles. The van der Waals surface area contributed by atoms with Gasteiger partial charge in [-0.15, -0.1) is 0 Å². The number of pyridine rings is 1. The standard InChI is InChI=1S/C24H22N4O4S2/c1-3-8-25-21-16(22(29)27-11-14(2)4-7-20(27)26-21)10-19-23(30)28(24(33)34-19)12-15-5-6-17-18(9-15)32-13-31-17/h4-7,9-11,25H,3,8,12-13H2,1-2H3/b19-10-. The lowest BCUT2D eigenvalue weighted by molar-refractivity contribution is -0.122. The Morgan fingerprint density at radius 3 is 2.85 bits per heavy atom. The molecule has 0 bridgehead atoms. The Balaban J connectivity index is 1.50. The molecule has 5 rings (SSSR count). The average Bonchev–Trinajstić information content (AvgIpc) is 3.39. The zero-order chi connectivity index (χ0) is 23.8. The van der Waals surface area contributed by atoms with E-state index in [2.05, 4.69) is 10.3 Å². The molecule has 3 aromatic rings. The van der Waals surface area contributed by atoms with E-state index in [1.807, 2.05) is 44.2 Å². The highest BCUT2D eigenvalue weighted by atomic mass is 32.2. The third-order valence-corrected chi connectivity index (χ3v) is 6.85. The predicted molar refractivity (Wildman–Crippen MR) is 136 cm³/mol. The lowest BCUT2D eigenvalue weighted by Crippen LogP contribution is -2.27. The Bertz CT molecular complexity index is 1420. The summed E-state index contributed by atoms with van der Waals surface area (Å²) in [5.74, 6) is 1.54. The zero-order valence-corrected chi connectivity index (χ0v) is 20.3. The predicted octanol–water partition coefficient (Wildman–Crippen LogP) is 3.95. The number of nitrogens with one attached hydrogen (secondary N) is 1. The Hall–Kier alpha value is -3.37. The molecule has 0 radical (unpaired) electrons. The number of thiocarbonyl (C=S) groups is 1. The monoisotopic (exact) mass is 494 g/mol. The van der Waals surface area contributed by atoms with Crippen LogP contribution in [0, 0.1) is 6.92 Å². The van der Waals surface area contributed by atoms with Crippen molar-refractivity contribution in [3.8, 4) is 11.5 Å². The van der Waals surface area contributed by atoms with Gasteiger partial charge in [0.1, 0.15) is 15.8 Å². The first kappa shape index (κ1) is 22.4. The number of fused-ring (bicyclic) bond motifs is 2. The van der Waals surface area contributed by atoms with Gasteiger partial charge in [0, 0.05) is 12.7 Å². The molecule has 0 saturated carbocycles. The number of carbonyl (C=O) groups is 1. The number of benzene rings is 1. The van der Waals surface area contributed by atoms with Gasteiger partial charge in [0.15, 0.2) is 11.5 Å². The first-order valence-corrected chi connectivity index (χ1v) is 12.1. The Kier molecular flexibility index (Phi) is 6.01. The number of aryl methyl sites for hydroxylation is 1. The van der Waals surface area contributed by atoms with E-state index in [-0.39, 0.29) is 18.3 Å². The van der Waals surface area contributed by atoms with Crippen molar-refractivity contribution in [2.75, 3.05) is 18.7 Å². The van der Waals surface area contributed by atoms with Crippen LogP contribution in [0.3, 0.4) is 0 Å². The number of carbonyl (C=O) groups excluding carboxylic acids is 1. The number of ether oxygens (including phenoxy) is 2. The van der Waals surface area contributed by atoms with Gasteiger partial charge in [-0.2, -0.15) is 0 Å². The van der Waals surface area contributed by atoms with Crippen LogP contribution in [0.2, 0.25) is 0 Å². The lowest BCUT2D eigenvalue weighted by atomic mass is 10.2. The fraction of sp³-hybridized carbons (Fsp3) is 0.250. The summed E-state index contributed by atoms with van der Waals surface area (Å²) in [5, 5.41) is 3.22. The van der Waals surface area contributed by atoms with Crippen LogP contribution in [0.4, 0.5) is 5.82 Å². The maximum absolute atomic E-state index is 13.4. The van der Waals surface area contributed by atoms with Crippen LogP contribution in [0.5, 0.6) is 11.5 Å². The summed E-state index contributed by atoms with van der Waals surface area (Å²) < 4.78 is 12.7. The van der Waals surface area contributed by atoms with E-state index in [1.165, 1.54) is 21.1 Å². The van der Waals surface area contributed by atoms with Crippen LogP contribution >= 0.6 is 24.0 Å². The fourth-order valence-corrected chi connectivity index (χ4v) is 4.99. The molecule has 10 heteroatoms. The van der Waals surface area contributed by atoms with Crippen molar-refractivity contribution in [3.63, 3.8) is 0 Å². The second kappa shape index (κ2) is 9.11. The Morgan fingerprint density at radius 1 is 1.21 bits per heavy atom. The smallest absolute Gasteiger partial charge is 0.267 e. The molecule has 4 heterocycles. The van der Waals surface area contributed by atoms with E-state index >= 15 is 0 Å². The topological polar surface area (TPSA) is 85.2 Å². The molecule has 1 aromatic carbocycles. The molecule has 1 N–H and O–H groups in total. The van der Waals surface area contributed by atoms with Crippen LogP contribution < -0.4 is 20.3 Å². The van der Waals surface area contributed by atoms with Gasteiger partial charge in [0.25, 0.3) is 11.5 Å². The number of hydrogen-bond acceptors (Lipinski definition) is 8. The van der Waals surface area contributed by atoms with E-state index in [4.69, 9.17) is 21.7 Å². The van der Waals surface area contributed by atoms with Crippen molar-refractivity contribution in [2.45, 2.75) is 26.8 Å². The van der Waals surface area contributed by atoms with Crippen LogP contribution in [0.15, 0.2) is 46.2 Å². The second-order valence-electron chi connectivity index (χ2n) is 8.00. The molecule has 34 heavy (non-hydrogen) atoms. The summed E-state index contributed by atoms with van der Waals surface area (Å²) >= 11 is 6.68. The van der Waals surface area contributed by atoms with E-state index in [0.29, 0.717) is 50.8 Å². The lowest BCUT2D eigenvalue weighted by Gasteiger charge is -2.14. The van der Waals surface area contributed by atoms with Gasteiger partial charge in [-0.3, -0.25) is 18.9 Å². The van der Waals surface area contributed by atoms with Crippen LogP contribution in [-0.2, 0) is 11.3 Å². The molecular weight excluding hydrogens is 472 g/mol. The summed E-state index contributed by atoms with van der Waals surface area (Å²) in [7, 11) is 0.